The molecule has 0 bridgehead atoms. The second kappa shape index (κ2) is 7.25. The smallest absolute Gasteiger partial charge is 0.193 e. The maximum absolute atomic E-state index is 12.9. The van der Waals surface area contributed by atoms with Crippen LogP contribution in [-0.2, 0) is 0 Å². The summed E-state index contributed by atoms with van der Waals surface area (Å²) in [7, 11) is 0. The third-order valence-corrected chi connectivity index (χ3v) is 6.11. The Kier molecular flexibility index (Phi) is 4.80. The number of para-hydroxylation sites is 1. The van der Waals surface area contributed by atoms with E-state index in [0.717, 1.165) is 38.0 Å². The van der Waals surface area contributed by atoms with Gasteiger partial charge in [0.05, 0.1) is 11.3 Å². The topological polar surface area (TPSA) is 60.7 Å². The molecule has 7 heteroatoms. The van der Waals surface area contributed by atoms with Gasteiger partial charge in [0, 0.05) is 33.9 Å². The van der Waals surface area contributed by atoms with Gasteiger partial charge in [-0.3, -0.25) is 9.36 Å². The van der Waals surface area contributed by atoms with Crippen LogP contribution in [-0.4, -0.2) is 31.1 Å². The summed E-state index contributed by atoms with van der Waals surface area (Å²) in [5.41, 5.74) is 3.59. The summed E-state index contributed by atoms with van der Waals surface area (Å²) in [5.74, 6) is 1.14. The number of Topliss-reactive ketones (excluding diaryl/α,β-unsaturated/α-hetero) is 1. The molecule has 0 fully saturated rings. The molecule has 0 aliphatic carbocycles. The van der Waals surface area contributed by atoms with E-state index in [1.807, 2.05) is 61.1 Å². The van der Waals surface area contributed by atoms with Gasteiger partial charge in [-0.05, 0) is 32.9 Å². The highest BCUT2D eigenvalue weighted by atomic mass is 32.2. The molecule has 0 unspecified atom stereocenters. The summed E-state index contributed by atoms with van der Waals surface area (Å²) in [6, 6.07) is 9.84. The maximum atomic E-state index is 12.9. The van der Waals surface area contributed by atoms with Crippen LogP contribution in [0, 0.1) is 20.8 Å². The molecule has 136 valence electrons. The Labute approximate surface area is 165 Å². The molecule has 0 N–H and O–H groups in total. The Balaban J connectivity index is 1.60. The van der Waals surface area contributed by atoms with Crippen molar-refractivity contribution in [2.45, 2.75) is 25.8 Å². The zero-order valence-electron chi connectivity index (χ0n) is 15.3. The number of ketones is 1. The maximum Gasteiger partial charge on any atom is 0.193 e. The Morgan fingerprint density at radius 1 is 1.19 bits per heavy atom. The fourth-order valence-electron chi connectivity index (χ4n) is 3.15. The van der Waals surface area contributed by atoms with Crippen molar-refractivity contribution in [3.8, 4) is 5.13 Å². The molecule has 0 amide bonds. The number of thioether (sulfide) groups is 1. The van der Waals surface area contributed by atoms with E-state index in [0.29, 0.717) is 11.6 Å². The number of aromatic nitrogens is 4. The third kappa shape index (κ3) is 3.40. The van der Waals surface area contributed by atoms with Gasteiger partial charge in [0.25, 0.3) is 0 Å². The first-order valence-corrected chi connectivity index (χ1v) is 10.4. The van der Waals surface area contributed by atoms with Gasteiger partial charge in [0.15, 0.2) is 10.9 Å². The lowest BCUT2D eigenvalue weighted by Crippen LogP contribution is -2.06. The fourth-order valence-corrected chi connectivity index (χ4v) is 4.85. The molecule has 4 rings (SSSR count). The van der Waals surface area contributed by atoms with E-state index in [2.05, 4.69) is 15.0 Å². The summed E-state index contributed by atoms with van der Waals surface area (Å²) in [4.78, 5) is 26.3. The number of carbonyl (C=O) groups is 1. The summed E-state index contributed by atoms with van der Waals surface area (Å²) in [6.45, 7) is 5.84. The van der Waals surface area contributed by atoms with Crippen molar-refractivity contribution >= 4 is 39.8 Å². The zero-order valence-corrected chi connectivity index (χ0v) is 16.9. The number of hydrogen-bond donors (Lipinski definition) is 0. The Morgan fingerprint density at radius 3 is 2.78 bits per heavy atom. The Hall–Kier alpha value is -2.51. The molecule has 3 heterocycles. The first kappa shape index (κ1) is 17.9. The summed E-state index contributed by atoms with van der Waals surface area (Å²) in [5, 5.41) is 4.65. The molecule has 0 saturated heterocycles. The highest BCUT2D eigenvalue weighted by Gasteiger charge is 2.18. The van der Waals surface area contributed by atoms with Crippen LogP contribution in [0.25, 0.3) is 16.0 Å². The van der Waals surface area contributed by atoms with Gasteiger partial charge in [-0.15, -0.1) is 11.3 Å². The van der Waals surface area contributed by atoms with E-state index in [1.54, 1.807) is 17.5 Å². The molecule has 0 radical (unpaired) electrons. The lowest BCUT2D eigenvalue weighted by Gasteiger charge is -2.07. The first-order valence-electron chi connectivity index (χ1n) is 8.53. The van der Waals surface area contributed by atoms with Gasteiger partial charge in [0.2, 0.25) is 0 Å². The van der Waals surface area contributed by atoms with Gasteiger partial charge in [0.1, 0.15) is 10.9 Å². The predicted octanol–water partition coefficient (Wildman–Crippen LogP) is 4.78. The quantitative estimate of drug-likeness (QED) is 0.277. The first-order chi connectivity index (χ1) is 13.0. The monoisotopic (exact) mass is 394 g/mol. The van der Waals surface area contributed by atoms with Crippen LogP contribution in [0.2, 0.25) is 0 Å². The molecule has 1 aromatic carbocycles. The summed E-state index contributed by atoms with van der Waals surface area (Å²) >= 11 is 3.03. The second-order valence-corrected chi connectivity index (χ2v) is 8.08. The van der Waals surface area contributed by atoms with Crippen LogP contribution in [0.4, 0.5) is 0 Å². The van der Waals surface area contributed by atoms with E-state index in [-0.39, 0.29) is 5.78 Å². The van der Waals surface area contributed by atoms with E-state index in [4.69, 9.17) is 0 Å². The number of fused-ring (bicyclic) bond motifs is 1. The van der Waals surface area contributed by atoms with Crippen LogP contribution in [0.1, 0.15) is 27.6 Å². The molecule has 0 spiro atoms. The largest absolute Gasteiger partial charge is 0.294 e. The SMILES string of the molecule is Cc1nc(SCC(=O)c2cc(C)n(-c3nccs3)c2C)c2ccccc2n1. The van der Waals surface area contributed by atoms with E-state index >= 15 is 0 Å². The van der Waals surface area contributed by atoms with Crippen molar-refractivity contribution in [2.75, 3.05) is 5.75 Å². The van der Waals surface area contributed by atoms with Gasteiger partial charge in [-0.2, -0.15) is 0 Å². The number of benzene rings is 1. The van der Waals surface area contributed by atoms with E-state index < -0.39 is 0 Å². The van der Waals surface area contributed by atoms with Gasteiger partial charge < -0.3 is 0 Å². The van der Waals surface area contributed by atoms with Gasteiger partial charge in [-0.25, -0.2) is 15.0 Å². The summed E-state index contributed by atoms with van der Waals surface area (Å²) in [6.07, 6.45) is 1.78. The van der Waals surface area contributed by atoms with E-state index in [9.17, 15) is 4.79 Å². The fraction of sp³-hybridized carbons (Fsp3) is 0.200. The molecule has 0 aliphatic heterocycles. The average molecular weight is 395 g/mol. The number of rotatable bonds is 5. The predicted molar refractivity (Wildman–Crippen MR) is 110 cm³/mol. The second-order valence-electron chi connectivity index (χ2n) is 6.24. The van der Waals surface area contributed by atoms with Crippen LogP contribution < -0.4 is 0 Å². The molecular weight excluding hydrogens is 376 g/mol. The molecule has 5 nitrogen and oxygen atoms in total. The molecular formula is C20H18N4OS2. The molecule has 0 aliphatic rings. The number of aryl methyl sites for hydroxylation is 2. The van der Waals surface area contributed by atoms with Gasteiger partial charge >= 0.3 is 0 Å². The normalized spacial score (nSPS) is 11.2. The Morgan fingerprint density at radius 2 is 2.00 bits per heavy atom. The zero-order chi connectivity index (χ0) is 19.0. The van der Waals surface area contributed by atoms with Crippen molar-refractivity contribution in [2.24, 2.45) is 0 Å². The third-order valence-electron chi connectivity index (χ3n) is 4.36. The molecule has 27 heavy (non-hydrogen) atoms. The van der Waals surface area contributed by atoms with Crippen molar-refractivity contribution in [1.82, 2.24) is 19.5 Å². The van der Waals surface area contributed by atoms with Crippen molar-refractivity contribution in [1.29, 1.82) is 0 Å². The molecule has 3 aromatic heterocycles. The van der Waals surface area contributed by atoms with Crippen molar-refractivity contribution in [3.05, 3.63) is 64.7 Å². The molecule has 0 atom stereocenters. The lowest BCUT2D eigenvalue weighted by molar-refractivity contribution is 0.102. The van der Waals surface area contributed by atoms with Crippen LogP contribution in [0.3, 0.4) is 0 Å². The standard InChI is InChI=1S/C20H18N4OS2/c1-12-10-16(13(2)24(12)20-21-8-9-26-20)18(25)11-27-19-15-6-4-5-7-17(15)22-14(3)23-19/h4-10H,11H2,1-3H3. The number of thiazole rings is 1. The highest BCUT2D eigenvalue weighted by molar-refractivity contribution is 8.00. The average Bonchev–Trinajstić information content (AvgIpc) is 3.27. The van der Waals surface area contributed by atoms with Gasteiger partial charge in [-0.1, -0.05) is 30.0 Å². The van der Waals surface area contributed by atoms with Crippen LogP contribution in [0.5, 0.6) is 0 Å². The van der Waals surface area contributed by atoms with Crippen LogP contribution in [0.15, 0.2) is 46.9 Å². The number of hydrogen-bond acceptors (Lipinski definition) is 6. The highest BCUT2D eigenvalue weighted by Crippen LogP contribution is 2.28. The molecule has 4 aromatic rings. The number of nitrogens with zero attached hydrogens (tertiary/aromatic N) is 4. The Bertz CT molecular complexity index is 1130. The van der Waals surface area contributed by atoms with Crippen molar-refractivity contribution < 1.29 is 4.79 Å². The van der Waals surface area contributed by atoms with Crippen molar-refractivity contribution in [3.63, 3.8) is 0 Å². The molecule has 0 saturated carbocycles. The summed E-state index contributed by atoms with van der Waals surface area (Å²) < 4.78 is 2.03. The van der Waals surface area contributed by atoms with E-state index in [1.165, 1.54) is 11.8 Å². The number of carbonyl (C=O) groups excluding carboxylic acids is 1. The van der Waals surface area contributed by atoms with Crippen LogP contribution >= 0.6 is 23.1 Å². The minimum absolute atomic E-state index is 0.0938. The minimum Gasteiger partial charge on any atom is -0.294 e. The lowest BCUT2D eigenvalue weighted by atomic mass is 10.2. The minimum atomic E-state index is 0.0938.